The van der Waals surface area contributed by atoms with Crippen molar-refractivity contribution < 1.29 is 0 Å². The Balaban J connectivity index is 2.73. The van der Waals surface area contributed by atoms with Crippen LogP contribution in [0, 0.1) is 13.8 Å². The number of alkyl halides is 1. The zero-order chi connectivity index (χ0) is 9.84. The van der Waals surface area contributed by atoms with Crippen molar-refractivity contribution in [3.8, 4) is 0 Å². The molecule has 2 heteroatoms. The van der Waals surface area contributed by atoms with Crippen molar-refractivity contribution in [1.82, 2.24) is 4.90 Å². The van der Waals surface area contributed by atoms with Gasteiger partial charge in [0.25, 0.3) is 0 Å². The van der Waals surface area contributed by atoms with E-state index in [-0.39, 0.29) is 0 Å². The summed E-state index contributed by atoms with van der Waals surface area (Å²) in [6.07, 6.45) is 0. The van der Waals surface area contributed by atoms with Crippen molar-refractivity contribution >= 4 is 15.9 Å². The van der Waals surface area contributed by atoms with E-state index in [0.717, 1.165) is 12.0 Å². The van der Waals surface area contributed by atoms with Gasteiger partial charge in [-0.25, -0.2) is 0 Å². The van der Waals surface area contributed by atoms with Gasteiger partial charge in [-0.2, -0.15) is 0 Å². The van der Waals surface area contributed by atoms with Crippen LogP contribution in [0.15, 0.2) is 18.2 Å². The molecule has 0 N–H and O–H groups in total. The highest BCUT2D eigenvalue weighted by Gasteiger charge is 1.99. The second-order valence-corrected chi connectivity index (χ2v) is 4.05. The number of rotatable bonds is 3. The Hall–Kier alpha value is -0.340. The molecule has 0 aliphatic heterocycles. The van der Waals surface area contributed by atoms with Crippen LogP contribution in [-0.4, -0.2) is 17.4 Å². The molecule has 1 aromatic rings. The second-order valence-electron chi connectivity index (χ2n) is 3.55. The Bertz CT molecular complexity index is 283. The van der Waals surface area contributed by atoms with Gasteiger partial charge in [0.15, 0.2) is 0 Å². The summed E-state index contributed by atoms with van der Waals surface area (Å²) < 4.78 is 0. The first-order chi connectivity index (χ1) is 6.13. The van der Waals surface area contributed by atoms with E-state index in [1.54, 1.807) is 0 Å². The summed E-state index contributed by atoms with van der Waals surface area (Å²) >= 11 is 3.43. The van der Waals surface area contributed by atoms with Crippen LogP contribution in [0.1, 0.15) is 16.7 Å². The van der Waals surface area contributed by atoms with Crippen LogP contribution >= 0.6 is 15.9 Å². The Kier molecular flexibility index (Phi) is 3.94. The molecule has 0 aromatic heterocycles. The summed E-state index contributed by atoms with van der Waals surface area (Å²) in [5.74, 6) is 0. The molecule has 0 heterocycles. The molecule has 0 amide bonds. The lowest BCUT2D eigenvalue weighted by Crippen LogP contribution is -2.15. The summed E-state index contributed by atoms with van der Waals surface area (Å²) in [5, 5.41) is 0. The van der Waals surface area contributed by atoms with E-state index in [0.29, 0.717) is 0 Å². The van der Waals surface area contributed by atoms with Gasteiger partial charge in [-0.3, -0.25) is 4.90 Å². The number of hydrogen-bond donors (Lipinski definition) is 0. The standard InChI is InChI=1S/C11H16BrN/c1-9-4-5-11(6-10(9)2)7-13(3)8-12/h4-6H,7-8H2,1-3H3. The minimum Gasteiger partial charge on any atom is -0.292 e. The minimum atomic E-state index is 0.917. The van der Waals surface area contributed by atoms with Crippen LogP contribution in [0.4, 0.5) is 0 Å². The third kappa shape index (κ3) is 3.12. The third-order valence-corrected chi connectivity index (χ3v) is 3.08. The fourth-order valence-electron chi connectivity index (χ4n) is 1.26. The van der Waals surface area contributed by atoms with Gasteiger partial charge in [-0.1, -0.05) is 34.1 Å². The Morgan fingerprint density at radius 1 is 1.23 bits per heavy atom. The van der Waals surface area contributed by atoms with Crippen molar-refractivity contribution in [3.05, 3.63) is 34.9 Å². The lowest BCUT2D eigenvalue weighted by Gasteiger charge is -2.13. The quantitative estimate of drug-likeness (QED) is 0.581. The van der Waals surface area contributed by atoms with Gasteiger partial charge in [0.2, 0.25) is 0 Å². The van der Waals surface area contributed by atoms with Crippen LogP contribution in [0.25, 0.3) is 0 Å². The highest BCUT2D eigenvalue weighted by Crippen LogP contribution is 2.11. The fourth-order valence-corrected chi connectivity index (χ4v) is 1.43. The van der Waals surface area contributed by atoms with E-state index in [9.17, 15) is 0 Å². The molecule has 0 spiro atoms. The summed E-state index contributed by atoms with van der Waals surface area (Å²) in [6, 6.07) is 6.64. The predicted octanol–water partition coefficient (Wildman–Crippen LogP) is 3.09. The average molecular weight is 242 g/mol. The molecule has 0 fully saturated rings. The first-order valence-electron chi connectivity index (χ1n) is 4.44. The maximum Gasteiger partial charge on any atom is 0.0542 e. The molecular formula is C11H16BrN. The van der Waals surface area contributed by atoms with Crippen molar-refractivity contribution in [2.24, 2.45) is 0 Å². The van der Waals surface area contributed by atoms with Gasteiger partial charge >= 0.3 is 0 Å². The molecule has 0 unspecified atom stereocenters. The summed E-state index contributed by atoms with van der Waals surface area (Å²) in [7, 11) is 2.10. The molecule has 0 saturated heterocycles. The van der Waals surface area contributed by atoms with E-state index < -0.39 is 0 Å². The number of halogens is 1. The molecule has 0 aliphatic carbocycles. The molecule has 72 valence electrons. The average Bonchev–Trinajstić information content (AvgIpc) is 2.11. The highest BCUT2D eigenvalue weighted by molar-refractivity contribution is 9.09. The van der Waals surface area contributed by atoms with Gasteiger partial charge in [0.05, 0.1) is 5.45 Å². The van der Waals surface area contributed by atoms with Crippen LogP contribution < -0.4 is 0 Å². The monoisotopic (exact) mass is 241 g/mol. The Labute approximate surface area is 88.9 Å². The van der Waals surface area contributed by atoms with E-state index in [2.05, 4.69) is 59.9 Å². The number of hydrogen-bond acceptors (Lipinski definition) is 1. The van der Waals surface area contributed by atoms with Gasteiger partial charge in [0, 0.05) is 6.54 Å². The lowest BCUT2D eigenvalue weighted by atomic mass is 10.1. The maximum absolute atomic E-state index is 3.43. The van der Waals surface area contributed by atoms with Gasteiger partial charge in [-0.05, 0) is 37.6 Å². The van der Waals surface area contributed by atoms with Gasteiger partial charge in [-0.15, -0.1) is 0 Å². The molecule has 1 aromatic carbocycles. The van der Waals surface area contributed by atoms with Gasteiger partial charge in [0.1, 0.15) is 0 Å². The van der Waals surface area contributed by atoms with E-state index in [1.165, 1.54) is 16.7 Å². The summed E-state index contributed by atoms with van der Waals surface area (Å²) in [4.78, 5) is 2.23. The maximum atomic E-state index is 3.43. The molecule has 13 heavy (non-hydrogen) atoms. The van der Waals surface area contributed by atoms with E-state index in [4.69, 9.17) is 0 Å². The van der Waals surface area contributed by atoms with Crippen LogP contribution in [-0.2, 0) is 6.54 Å². The second kappa shape index (κ2) is 4.77. The van der Waals surface area contributed by atoms with Crippen LogP contribution in [0.2, 0.25) is 0 Å². The first kappa shape index (κ1) is 10.7. The molecule has 0 bridgehead atoms. The zero-order valence-electron chi connectivity index (χ0n) is 8.47. The van der Waals surface area contributed by atoms with Crippen LogP contribution in [0.5, 0.6) is 0 Å². The largest absolute Gasteiger partial charge is 0.292 e. The molecule has 1 rings (SSSR count). The van der Waals surface area contributed by atoms with Crippen molar-refractivity contribution in [2.75, 3.05) is 12.5 Å². The first-order valence-corrected chi connectivity index (χ1v) is 5.56. The normalized spacial score (nSPS) is 10.8. The summed E-state index contributed by atoms with van der Waals surface area (Å²) in [6.45, 7) is 5.31. The highest BCUT2D eigenvalue weighted by atomic mass is 79.9. The van der Waals surface area contributed by atoms with Gasteiger partial charge < -0.3 is 0 Å². The van der Waals surface area contributed by atoms with Crippen molar-refractivity contribution in [1.29, 1.82) is 0 Å². The predicted molar refractivity (Wildman–Crippen MR) is 61.2 cm³/mol. The zero-order valence-corrected chi connectivity index (χ0v) is 10.1. The molecule has 0 aliphatic rings. The van der Waals surface area contributed by atoms with Crippen molar-refractivity contribution in [2.45, 2.75) is 20.4 Å². The Morgan fingerprint density at radius 3 is 2.46 bits per heavy atom. The van der Waals surface area contributed by atoms with E-state index >= 15 is 0 Å². The van der Waals surface area contributed by atoms with E-state index in [1.807, 2.05) is 0 Å². The third-order valence-electron chi connectivity index (χ3n) is 2.23. The number of aryl methyl sites for hydroxylation is 2. The molecule has 0 atom stereocenters. The summed E-state index contributed by atoms with van der Waals surface area (Å²) in [5.41, 5.74) is 5.04. The van der Waals surface area contributed by atoms with Crippen LogP contribution in [0.3, 0.4) is 0 Å². The molecular weight excluding hydrogens is 226 g/mol. The SMILES string of the molecule is Cc1ccc(CN(C)CBr)cc1C. The van der Waals surface area contributed by atoms with Crippen molar-refractivity contribution in [3.63, 3.8) is 0 Å². The fraction of sp³-hybridized carbons (Fsp3) is 0.455. The topological polar surface area (TPSA) is 3.24 Å². The molecule has 0 radical (unpaired) electrons. The lowest BCUT2D eigenvalue weighted by molar-refractivity contribution is 0.390. The molecule has 1 nitrogen and oxygen atoms in total. The molecule has 0 saturated carbocycles. The smallest absolute Gasteiger partial charge is 0.0542 e. The number of nitrogens with zero attached hydrogens (tertiary/aromatic N) is 1. The minimum absolute atomic E-state index is 0.917. The number of benzene rings is 1. The Morgan fingerprint density at radius 2 is 1.92 bits per heavy atom.